The van der Waals surface area contributed by atoms with Crippen molar-refractivity contribution in [1.29, 1.82) is 0 Å². The van der Waals surface area contributed by atoms with Crippen molar-refractivity contribution >= 4 is 30.9 Å². The fourth-order valence-corrected chi connectivity index (χ4v) is 4.40. The van der Waals surface area contributed by atoms with Crippen LogP contribution in [0.1, 0.15) is 27.2 Å². The molecule has 0 unspecified atom stereocenters. The van der Waals surface area contributed by atoms with Crippen molar-refractivity contribution in [1.82, 2.24) is 0 Å². The molecule has 0 spiro atoms. The van der Waals surface area contributed by atoms with Gasteiger partial charge in [0, 0.05) is 11.0 Å². The first-order valence-corrected chi connectivity index (χ1v) is 9.00. The summed E-state index contributed by atoms with van der Waals surface area (Å²) in [6.45, 7) is 7.83. The first-order valence-electron chi connectivity index (χ1n) is 4.94. The van der Waals surface area contributed by atoms with Crippen molar-refractivity contribution < 1.29 is 4.43 Å². The predicted octanol–water partition coefficient (Wildman–Crippen LogP) is 3.83. The minimum absolute atomic E-state index is 0.991. The summed E-state index contributed by atoms with van der Waals surface area (Å²) in [6.07, 6.45) is 1.22. The van der Waals surface area contributed by atoms with Crippen LogP contribution in [0.2, 0.25) is 18.1 Å². The predicted molar refractivity (Wildman–Crippen MR) is 66.7 cm³/mol. The van der Waals surface area contributed by atoms with Crippen LogP contribution < -0.4 is 0 Å². The van der Waals surface area contributed by atoms with Gasteiger partial charge >= 0.3 is 0 Å². The monoisotopic (exact) mass is 300 g/mol. The molecule has 0 radical (unpaired) electrons. The highest BCUT2D eigenvalue weighted by Gasteiger charge is 2.27. The molecule has 0 rings (SSSR count). The van der Waals surface area contributed by atoms with Gasteiger partial charge < -0.3 is 4.43 Å². The zero-order chi connectivity index (χ0) is 9.45. The molecular weight excluding hydrogens is 279 g/mol. The highest BCUT2D eigenvalue weighted by atomic mass is 127. The van der Waals surface area contributed by atoms with Crippen LogP contribution in [-0.2, 0) is 4.43 Å². The van der Waals surface area contributed by atoms with Crippen LogP contribution in [0.25, 0.3) is 0 Å². The molecule has 0 saturated heterocycles. The Hall–Kier alpha value is 0.907. The third-order valence-corrected chi connectivity index (χ3v) is 8.06. The maximum Gasteiger partial charge on any atom is 0.191 e. The fraction of sp³-hybridized carbons (Fsp3) is 1.00. The van der Waals surface area contributed by atoms with Crippen LogP contribution in [0.4, 0.5) is 0 Å². The van der Waals surface area contributed by atoms with Crippen LogP contribution in [-0.4, -0.2) is 19.4 Å². The van der Waals surface area contributed by atoms with Gasteiger partial charge in [0.1, 0.15) is 0 Å². The Bertz CT molecular complexity index is 96.4. The molecule has 3 heteroatoms. The summed E-state index contributed by atoms with van der Waals surface area (Å²) in [7, 11) is -1.26. The second-order valence-electron chi connectivity index (χ2n) is 3.13. The standard InChI is InChI=1S/C9H21IOSi/c1-4-12(5-2,6-3)11-9-7-8-10/h4-9H2,1-3H3. The lowest BCUT2D eigenvalue weighted by Gasteiger charge is -2.27. The van der Waals surface area contributed by atoms with Gasteiger partial charge in [-0.05, 0) is 24.6 Å². The summed E-state index contributed by atoms with van der Waals surface area (Å²) in [4.78, 5) is 0. The van der Waals surface area contributed by atoms with E-state index >= 15 is 0 Å². The number of hydrogen-bond donors (Lipinski definition) is 0. The molecule has 0 aromatic carbocycles. The zero-order valence-corrected chi connectivity index (χ0v) is 11.7. The number of alkyl halides is 1. The van der Waals surface area contributed by atoms with Gasteiger partial charge in [0.15, 0.2) is 8.32 Å². The topological polar surface area (TPSA) is 9.23 Å². The molecule has 74 valence electrons. The van der Waals surface area contributed by atoms with E-state index in [0.29, 0.717) is 0 Å². The molecule has 0 amide bonds. The van der Waals surface area contributed by atoms with E-state index in [2.05, 4.69) is 43.4 Å². The van der Waals surface area contributed by atoms with Gasteiger partial charge in [-0.15, -0.1) is 0 Å². The lowest BCUT2D eigenvalue weighted by Crippen LogP contribution is -2.36. The van der Waals surface area contributed by atoms with Gasteiger partial charge in [0.05, 0.1) is 0 Å². The van der Waals surface area contributed by atoms with Crippen molar-refractivity contribution in [2.45, 2.75) is 45.3 Å². The SMILES string of the molecule is CC[Si](CC)(CC)OCCCI. The van der Waals surface area contributed by atoms with Gasteiger partial charge in [-0.1, -0.05) is 43.4 Å². The summed E-state index contributed by atoms with van der Waals surface area (Å²) in [5, 5.41) is 0. The van der Waals surface area contributed by atoms with Crippen LogP contribution in [0.15, 0.2) is 0 Å². The van der Waals surface area contributed by atoms with E-state index < -0.39 is 8.32 Å². The van der Waals surface area contributed by atoms with Gasteiger partial charge in [-0.25, -0.2) is 0 Å². The van der Waals surface area contributed by atoms with E-state index in [9.17, 15) is 0 Å². The van der Waals surface area contributed by atoms with Crippen molar-refractivity contribution in [2.24, 2.45) is 0 Å². The van der Waals surface area contributed by atoms with E-state index in [1.54, 1.807) is 0 Å². The highest BCUT2D eigenvalue weighted by molar-refractivity contribution is 14.1. The molecule has 0 aromatic rings. The first-order chi connectivity index (χ1) is 5.74. The number of halogens is 1. The Morgan fingerprint density at radius 1 is 1.08 bits per heavy atom. The van der Waals surface area contributed by atoms with Crippen LogP contribution >= 0.6 is 22.6 Å². The highest BCUT2D eigenvalue weighted by Crippen LogP contribution is 2.21. The van der Waals surface area contributed by atoms with Crippen molar-refractivity contribution in [3.05, 3.63) is 0 Å². The molecule has 12 heavy (non-hydrogen) atoms. The van der Waals surface area contributed by atoms with Crippen molar-refractivity contribution in [3.8, 4) is 0 Å². The molecule has 0 atom stereocenters. The average molecular weight is 300 g/mol. The third-order valence-electron chi connectivity index (χ3n) is 2.62. The smallest absolute Gasteiger partial charge is 0.191 e. The van der Waals surface area contributed by atoms with E-state index in [4.69, 9.17) is 4.43 Å². The maximum atomic E-state index is 6.05. The van der Waals surface area contributed by atoms with Crippen LogP contribution in [0, 0.1) is 0 Å². The Balaban J connectivity index is 3.76. The largest absolute Gasteiger partial charge is 0.417 e. The second kappa shape index (κ2) is 7.32. The molecular formula is C9H21IOSi. The van der Waals surface area contributed by atoms with Gasteiger partial charge in [-0.2, -0.15) is 0 Å². The minimum Gasteiger partial charge on any atom is -0.417 e. The van der Waals surface area contributed by atoms with Crippen molar-refractivity contribution in [3.63, 3.8) is 0 Å². The molecule has 0 aliphatic heterocycles. The Morgan fingerprint density at radius 3 is 1.92 bits per heavy atom. The third kappa shape index (κ3) is 4.23. The van der Waals surface area contributed by atoms with E-state index in [1.807, 2.05) is 0 Å². The summed E-state index contributed by atoms with van der Waals surface area (Å²) >= 11 is 2.41. The van der Waals surface area contributed by atoms with Gasteiger partial charge in [0.25, 0.3) is 0 Å². The Morgan fingerprint density at radius 2 is 1.58 bits per heavy atom. The molecule has 0 N–H and O–H groups in total. The molecule has 0 aliphatic carbocycles. The zero-order valence-electron chi connectivity index (χ0n) is 8.53. The van der Waals surface area contributed by atoms with Gasteiger partial charge in [0.2, 0.25) is 0 Å². The van der Waals surface area contributed by atoms with Crippen LogP contribution in [0.3, 0.4) is 0 Å². The lowest BCUT2D eigenvalue weighted by molar-refractivity contribution is 0.301. The lowest BCUT2D eigenvalue weighted by atomic mass is 10.5. The number of rotatable bonds is 7. The maximum absolute atomic E-state index is 6.05. The first kappa shape index (κ1) is 12.9. The summed E-state index contributed by atoms with van der Waals surface area (Å²) in [6, 6.07) is 3.84. The van der Waals surface area contributed by atoms with Gasteiger partial charge in [-0.3, -0.25) is 0 Å². The summed E-state index contributed by atoms with van der Waals surface area (Å²) in [5.74, 6) is 0. The molecule has 0 aliphatic rings. The molecule has 0 fully saturated rings. The quantitative estimate of drug-likeness (QED) is 0.300. The fourth-order valence-electron chi connectivity index (χ4n) is 1.40. The summed E-state index contributed by atoms with van der Waals surface area (Å²) in [5.41, 5.74) is 0. The minimum atomic E-state index is -1.26. The normalized spacial score (nSPS) is 12.0. The summed E-state index contributed by atoms with van der Waals surface area (Å²) < 4.78 is 7.27. The van der Waals surface area contributed by atoms with E-state index in [-0.39, 0.29) is 0 Å². The van der Waals surface area contributed by atoms with E-state index in [1.165, 1.54) is 29.0 Å². The Kier molecular flexibility index (Phi) is 7.88. The van der Waals surface area contributed by atoms with E-state index in [0.717, 1.165) is 6.61 Å². The molecule has 0 heterocycles. The molecule has 1 nitrogen and oxygen atoms in total. The van der Waals surface area contributed by atoms with Crippen molar-refractivity contribution in [2.75, 3.05) is 11.0 Å². The average Bonchev–Trinajstić information content (AvgIpc) is 2.14. The second-order valence-corrected chi connectivity index (χ2v) is 8.99. The number of hydrogen-bond acceptors (Lipinski definition) is 1. The van der Waals surface area contributed by atoms with Crippen LogP contribution in [0.5, 0.6) is 0 Å². The molecule has 0 aromatic heterocycles. The molecule has 0 saturated carbocycles. The Labute approximate surface area is 91.5 Å². The molecule has 0 bridgehead atoms.